The van der Waals surface area contributed by atoms with Crippen LogP contribution in [0.1, 0.15) is 37.2 Å². The van der Waals surface area contributed by atoms with Crippen LogP contribution in [-0.2, 0) is 0 Å². The van der Waals surface area contributed by atoms with Gasteiger partial charge < -0.3 is 22.1 Å². The van der Waals surface area contributed by atoms with Gasteiger partial charge in [0.05, 0.1) is 0 Å². The number of allylic oxidation sites excluding steroid dienone is 1. The first-order valence-electron chi connectivity index (χ1n) is 8.05. The standard InChI is InChI=1S/C17H24FN5/c1-21-9-8-17(20)14-7-4-12(10-15(14)22-16(19)23-17)11-2-5-13(18)6-3-11/h2-3,5-6,12,21H,4,7-10,20H2,1H3,(H3,19,22,23). The molecule has 3 rings (SSSR count). The highest BCUT2D eigenvalue weighted by atomic mass is 19.1. The largest absolute Gasteiger partial charge is 0.370 e. The molecule has 23 heavy (non-hydrogen) atoms. The fourth-order valence-corrected chi connectivity index (χ4v) is 3.55. The third-order valence-corrected chi connectivity index (χ3v) is 4.78. The molecule has 1 heterocycles. The maximum atomic E-state index is 13.1. The molecule has 124 valence electrons. The molecule has 5 nitrogen and oxygen atoms in total. The second kappa shape index (κ2) is 6.29. The molecule has 0 bridgehead atoms. The number of halogens is 1. The Labute approximate surface area is 136 Å². The molecular formula is C17H24FN5. The average Bonchev–Trinajstić information content (AvgIpc) is 2.53. The van der Waals surface area contributed by atoms with Crippen LogP contribution in [0.2, 0.25) is 0 Å². The van der Waals surface area contributed by atoms with Gasteiger partial charge in [0.1, 0.15) is 11.5 Å². The van der Waals surface area contributed by atoms with E-state index < -0.39 is 5.66 Å². The maximum Gasteiger partial charge on any atom is 0.195 e. The minimum absolute atomic E-state index is 0.204. The van der Waals surface area contributed by atoms with Gasteiger partial charge in [-0.05, 0) is 62.0 Å². The molecule has 1 aliphatic heterocycles. The van der Waals surface area contributed by atoms with Gasteiger partial charge in [-0.15, -0.1) is 0 Å². The van der Waals surface area contributed by atoms with Gasteiger partial charge in [0.2, 0.25) is 0 Å². The first-order valence-corrected chi connectivity index (χ1v) is 8.05. The van der Waals surface area contributed by atoms with Crippen LogP contribution >= 0.6 is 0 Å². The van der Waals surface area contributed by atoms with E-state index in [2.05, 4.69) is 15.6 Å². The Morgan fingerprint density at radius 3 is 2.83 bits per heavy atom. The Morgan fingerprint density at radius 1 is 1.39 bits per heavy atom. The first kappa shape index (κ1) is 16.0. The maximum absolute atomic E-state index is 13.1. The number of guanidine groups is 1. The summed E-state index contributed by atoms with van der Waals surface area (Å²) in [4.78, 5) is 4.46. The summed E-state index contributed by atoms with van der Waals surface area (Å²) in [6, 6.07) is 6.76. The molecule has 0 amide bonds. The molecule has 0 saturated heterocycles. The number of hydrogen-bond donors (Lipinski definition) is 4. The molecular weight excluding hydrogens is 293 g/mol. The van der Waals surface area contributed by atoms with Crippen molar-refractivity contribution in [1.82, 2.24) is 10.6 Å². The Balaban J connectivity index is 1.84. The lowest BCUT2D eigenvalue weighted by molar-refractivity contribution is 0.407. The molecule has 2 unspecified atom stereocenters. The van der Waals surface area contributed by atoms with E-state index in [1.807, 2.05) is 19.2 Å². The van der Waals surface area contributed by atoms with E-state index in [4.69, 9.17) is 11.5 Å². The summed E-state index contributed by atoms with van der Waals surface area (Å²) in [6.07, 6.45) is 3.41. The van der Waals surface area contributed by atoms with Gasteiger partial charge in [-0.25, -0.2) is 9.38 Å². The number of hydrogen-bond acceptors (Lipinski definition) is 5. The predicted molar refractivity (Wildman–Crippen MR) is 90.2 cm³/mol. The number of nitrogens with two attached hydrogens (primary N) is 2. The summed E-state index contributed by atoms with van der Waals surface area (Å²) in [6.45, 7) is 0.783. The highest BCUT2D eigenvalue weighted by Crippen LogP contribution is 2.41. The van der Waals surface area contributed by atoms with Crippen LogP contribution in [0.5, 0.6) is 0 Å². The molecule has 0 saturated carbocycles. The Morgan fingerprint density at radius 2 is 2.13 bits per heavy atom. The molecule has 1 aromatic rings. The number of aliphatic imine (C=N–C) groups is 1. The fraction of sp³-hybridized carbons (Fsp3) is 0.471. The van der Waals surface area contributed by atoms with E-state index in [1.165, 1.54) is 12.1 Å². The van der Waals surface area contributed by atoms with E-state index in [0.717, 1.165) is 42.6 Å². The average molecular weight is 317 g/mol. The van der Waals surface area contributed by atoms with Gasteiger partial charge in [0.25, 0.3) is 0 Å². The zero-order valence-electron chi connectivity index (χ0n) is 13.4. The van der Waals surface area contributed by atoms with Crippen LogP contribution in [0.3, 0.4) is 0 Å². The molecule has 0 aromatic heterocycles. The minimum Gasteiger partial charge on any atom is -0.370 e. The van der Waals surface area contributed by atoms with E-state index in [-0.39, 0.29) is 5.82 Å². The van der Waals surface area contributed by atoms with Gasteiger partial charge in [-0.2, -0.15) is 0 Å². The third kappa shape index (κ3) is 3.23. The zero-order valence-corrected chi connectivity index (χ0v) is 13.4. The smallest absolute Gasteiger partial charge is 0.195 e. The van der Waals surface area contributed by atoms with E-state index in [0.29, 0.717) is 18.3 Å². The zero-order chi connectivity index (χ0) is 16.4. The summed E-state index contributed by atoms with van der Waals surface area (Å²) >= 11 is 0. The Bertz CT molecular complexity index is 637. The van der Waals surface area contributed by atoms with Crippen molar-refractivity contribution >= 4 is 5.96 Å². The van der Waals surface area contributed by atoms with Crippen LogP contribution < -0.4 is 22.1 Å². The van der Waals surface area contributed by atoms with E-state index in [1.54, 1.807) is 0 Å². The van der Waals surface area contributed by atoms with Gasteiger partial charge in [-0.3, -0.25) is 0 Å². The summed E-state index contributed by atoms with van der Waals surface area (Å²) < 4.78 is 13.1. The number of nitrogens with zero attached hydrogens (tertiary/aromatic N) is 1. The van der Waals surface area contributed by atoms with Gasteiger partial charge in [0, 0.05) is 12.1 Å². The second-order valence-electron chi connectivity index (χ2n) is 6.35. The molecule has 2 aliphatic rings. The molecule has 6 heteroatoms. The number of benzene rings is 1. The van der Waals surface area contributed by atoms with Crippen LogP contribution in [0.15, 0.2) is 40.5 Å². The van der Waals surface area contributed by atoms with E-state index in [9.17, 15) is 4.39 Å². The molecule has 2 atom stereocenters. The minimum atomic E-state index is -0.721. The topological polar surface area (TPSA) is 88.5 Å². The highest BCUT2D eigenvalue weighted by Gasteiger charge is 2.38. The van der Waals surface area contributed by atoms with Crippen molar-refractivity contribution in [3.8, 4) is 0 Å². The Hall–Kier alpha value is -1.92. The molecule has 1 aromatic carbocycles. The predicted octanol–water partition coefficient (Wildman–Crippen LogP) is 1.53. The van der Waals surface area contributed by atoms with Crippen LogP contribution in [-0.4, -0.2) is 25.2 Å². The lowest BCUT2D eigenvalue weighted by Gasteiger charge is -2.39. The SMILES string of the molecule is CNCCC1(N)N=C(N)NC2=C1CCC(c1ccc(F)cc1)C2. The van der Waals surface area contributed by atoms with Crippen molar-refractivity contribution in [2.45, 2.75) is 37.3 Å². The van der Waals surface area contributed by atoms with Crippen molar-refractivity contribution < 1.29 is 4.39 Å². The number of nitrogens with one attached hydrogen (secondary N) is 2. The third-order valence-electron chi connectivity index (χ3n) is 4.78. The van der Waals surface area contributed by atoms with Crippen molar-refractivity contribution in [2.75, 3.05) is 13.6 Å². The summed E-state index contributed by atoms with van der Waals surface area (Å²) in [7, 11) is 1.90. The molecule has 1 aliphatic carbocycles. The van der Waals surface area contributed by atoms with Gasteiger partial charge in [-0.1, -0.05) is 12.1 Å². The molecule has 0 radical (unpaired) electrons. The normalized spacial score (nSPS) is 27.3. The van der Waals surface area contributed by atoms with Gasteiger partial charge >= 0.3 is 0 Å². The number of rotatable bonds is 4. The highest BCUT2D eigenvalue weighted by molar-refractivity contribution is 5.82. The van der Waals surface area contributed by atoms with Crippen molar-refractivity contribution in [3.05, 3.63) is 46.9 Å². The summed E-state index contributed by atoms with van der Waals surface area (Å²) in [5, 5.41) is 6.32. The summed E-state index contributed by atoms with van der Waals surface area (Å²) in [5.74, 6) is 0.521. The van der Waals surface area contributed by atoms with Crippen molar-refractivity contribution in [3.63, 3.8) is 0 Å². The molecule has 6 N–H and O–H groups in total. The lowest BCUT2D eigenvalue weighted by Crippen LogP contribution is -2.52. The second-order valence-corrected chi connectivity index (χ2v) is 6.35. The van der Waals surface area contributed by atoms with Gasteiger partial charge in [0.15, 0.2) is 5.96 Å². The lowest BCUT2D eigenvalue weighted by atomic mass is 9.77. The van der Waals surface area contributed by atoms with Crippen LogP contribution in [0.4, 0.5) is 4.39 Å². The van der Waals surface area contributed by atoms with Crippen molar-refractivity contribution in [2.24, 2.45) is 16.5 Å². The van der Waals surface area contributed by atoms with Crippen LogP contribution in [0, 0.1) is 5.82 Å². The fourth-order valence-electron chi connectivity index (χ4n) is 3.55. The van der Waals surface area contributed by atoms with Crippen molar-refractivity contribution in [1.29, 1.82) is 0 Å². The Kier molecular flexibility index (Phi) is 4.37. The monoisotopic (exact) mass is 317 g/mol. The van der Waals surface area contributed by atoms with Crippen LogP contribution in [0.25, 0.3) is 0 Å². The molecule has 0 fully saturated rings. The quantitative estimate of drug-likeness (QED) is 0.678. The first-order chi connectivity index (χ1) is 11.0. The van der Waals surface area contributed by atoms with E-state index >= 15 is 0 Å². The summed E-state index contributed by atoms with van der Waals surface area (Å²) in [5.41, 5.74) is 15.2. The molecule has 0 spiro atoms.